The molecule has 2 aromatic carbocycles. The quantitative estimate of drug-likeness (QED) is 0.681. The summed E-state index contributed by atoms with van der Waals surface area (Å²) in [5.74, 6) is -0.455. The minimum atomic E-state index is -3.35. The lowest BCUT2D eigenvalue weighted by atomic mass is 10.1. The predicted molar refractivity (Wildman–Crippen MR) is 112 cm³/mol. The molecule has 0 saturated carbocycles. The van der Waals surface area contributed by atoms with Crippen molar-refractivity contribution in [3.63, 3.8) is 0 Å². The molecule has 0 heterocycles. The third-order valence-electron chi connectivity index (χ3n) is 3.70. The molecule has 2 amide bonds. The smallest absolute Gasteiger partial charge is 0.255 e. The third kappa shape index (κ3) is 5.95. The maximum Gasteiger partial charge on any atom is 0.255 e. The summed E-state index contributed by atoms with van der Waals surface area (Å²) < 4.78 is 23.0. The van der Waals surface area contributed by atoms with E-state index in [9.17, 15) is 18.0 Å². The Morgan fingerprint density at radius 3 is 2.00 bits per heavy atom. The van der Waals surface area contributed by atoms with Crippen LogP contribution >= 0.6 is 23.2 Å². The SMILES string of the molecule is CC(C)CC(=O)Nc1cc(Cl)c(NC(=O)c2ccc(S(C)(=O)=O)cc2)c(Cl)c1. The van der Waals surface area contributed by atoms with Crippen molar-refractivity contribution in [3.8, 4) is 0 Å². The van der Waals surface area contributed by atoms with Gasteiger partial charge in [0.25, 0.3) is 5.91 Å². The van der Waals surface area contributed by atoms with Gasteiger partial charge in [-0.05, 0) is 42.3 Å². The van der Waals surface area contributed by atoms with Gasteiger partial charge in [0.2, 0.25) is 5.91 Å². The van der Waals surface area contributed by atoms with Gasteiger partial charge in [-0.1, -0.05) is 37.0 Å². The zero-order valence-corrected chi connectivity index (χ0v) is 17.9. The molecule has 0 aliphatic carbocycles. The molecule has 0 atom stereocenters. The van der Waals surface area contributed by atoms with Crippen LogP contribution in [0.3, 0.4) is 0 Å². The number of hydrogen-bond acceptors (Lipinski definition) is 4. The first-order chi connectivity index (χ1) is 13.0. The van der Waals surface area contributed by atoms with Gasteiger partial charge in [-0.15, -0.1) is 0 Å². The van der Waals surface area contributed by atoms with Crippen LogP contribution in [-0.4, -0.2) is 26.5 Å². The van der Waals surface area contributed by atoms with Crippen LogP contribution in [0.4, 0.5) is 11.4 Å². The number of halogens is 2. The lowest BCUT2D eigenvalue weighted by Crippen LogP contribution is -2.15. The summed E-state index contributed by atoms with van der Waals surface area (Å²) in [5, 5.41) is 5.63. The van der Waals surface area contributed by atoms with E-state index in [1.165, 1.54) is 36.4 Å². The summed E-state index contributed by atoms with van der Waals surface area (Å²) in [7, 11) is -3.35. The Hall–Kier alpha value is -2.09. The van der Waals surface area contributed by atoms with E-state index < -0.39 is 15.7 Å². The minimum absolute atomic E-state index is 0.113. The molecule has 2 rings (SSSR count). The highest BCUT2D eigenvalue weighted by molar-refractivity contribution is 7.90. The van der Waals surface area contributed by atoms with Gasteiger partial charge in [-0.25, -0.2) is 8.42 Å². The molecule has 0 aliphatic heterocycles. The Kier molecular flexibility index (Phi) is 7.09. The summed E-state index contributed by atoms with van der Waals surface area (Å²) in [5.41, 5.74) is 0.868. The van der Waals surface area contributed by atoms with Crippen LogP contribution in [0.15, 0.2) is 41.3 Å². The number of hydrogen-bond donors (Lipinski definition) is 2. The first kappa shape index (κ1) is 22.2. The fourth-order valence-corrected chi connectivity index (χ4v) is 3.60. The molecule has 9 heteroatoms. The lowest BCUT2D eigenvalue weighted by Gasteiger charge is -2.13. The van der Waals surface area contributed by atoms with Crippen molar-refractivity contribution in [2.45, 2.75) is 25.2 Å². The molecule has 2 aromatic rings. The molecule has 0 aromatic heterocycles. The van der Waals surface area contributed by atoms with Gasteiger partial charge >= 0.3 is 0 Å². The van der Waals surface area contributed by atoms with Crippen molar-refractivity contribution in [1.82, 2.24) is 0 Å². The average molecular weight is 443 g/mol. The molecule has 28 heavy (non-hydrogen) atoms. The first-order valence-electron chi connectivity index (χ1n) is 8.37. The minimum Gasteiger partial charge on any atom is -0.326 e. The van der Waals surface area contributed by atoms with Crippen molar-refractivity contribution in [2.75, 3.05) is 16.9 Å². The number of carbonyl (C=O) groups is 2. The van der Waals surface area contributed by atoms with Gasteiger partial charge in [0.05, 0.1) is 20.6 Å². The average Bonchev–Trinajstić information content (AvgIpc) is 2.56. The Bertz CT molecular complexity index is 980. The van der Waals surface area contributed by atoms with Gasteiger partial charge < -0.3 is 10.6 Å². The van der Waals surface area contributed by atoms with Crippen LogP contribution in [0.5, 0.6) is 0 Å². The Balaban J connectivity index is 2.17. The lowest BCUT2D eigenvalue weighted by molar-refractivity contribution is -0.116. The normalized spacial score (nSPS) is 11.4. The number of sulfone groups is 1. The molecular formula is C19H20Cl2N2O4S. The van der Waals surface area contributed by atoms with Gasteiger partial charge in [0, 0.05) is 23.9 Å². The summed E-state index contributed by atoms with van der Waals surface area (Å²) in [6.45, 7) is 3.86. The second-order valence-electron chi connectivity index (χ2n) is 6.71. The van der Waals surface area contributed by atoms with Crippen LogP contribution in [0, 0.1) is 5.92 Å². The maximum absolute atomic E-state index is 12.4. The van der Waals surface area contributed by atoms with Gasteiger partial charge in [0.15, 0.2) is 9.84 Å². The second-order valence-corrected chi connectivity index (χ2v) is 9.54. The van der Waals surface area contributed by atoms with Gasteiger partial charge in [-0.3, -0.25) is 9.59 Å². The largest absolute Gasteiger partial charge is 0.326 e. The van der Waals surface area contributed by atoms with Crippen LogP contribution in [0.1, 0.15) is 30.6 Å². The highest BCUT2D eigenvalue weighted by Crippen LogP contribution is 2.34. The molecule has 0 fully saturated rings. The van der Waals surface area contributed by atoms with E-state index in [0.717, 1.165) is 6.26 Å². The van der Waals surface area contributed by atoms with Crippen molar-refractivity contribution >= 4 is 56.2 Å². The number of rotatable bonds is 6. The van der Waals surface area contributed by atoms with Crippen LogP contribution < -0.4 is 10.6 Å². The van der Waals surface area contributed by atoms with E-state index >= 15 is 0 Å². The van der Waals surface area contributed by atoms with Crippen LogP contribution in [0.2, 0.25) is 10.0 Å². The molecule has 0 spiro atoms. The predicted octanol–water partition coefficient (Wildman–Crippen LogP) is 4.63. The monoisotopic (exact) mass is 442 g/mol. The van der Waals surface area contributed by atoms with Gasteiger partial charge in [-0.2, -0.15) is 0 Å². The molecule has 0 unspecified atom stereocenters. The molecule has 2 N–H and O–H groups in total. The topological polar surface area (TPSA) is 92.3 Å². The van der Waals surface area contributed by atoms with E-state index in [4.69, 9.17) is 23.2 Å². The number of anilines is 2. The van der Waals surface area contributed by atoms with Gasteiger partial charge in [0.1, 0.15) is 0 Å². The Morgan fingerprint density at radius 2 is 1.54 bits per heavy atom. The Labute approximate surface area is 174 Å². The summed E-state index contributed by atoms with van der Waals surface area (Å²) >= 11 is 12.4. The highest BCUT2D eigenvalue weighted by atomic mass is 35.5. The summed E-state index contributed by atoms with van der Waals surface area (Å²) in [6, 6.07) is 8.48. The molecule has 6 nitrogen and oxygen atoms in total. The van der Waals surface area contributed by atoms with Crippen molar-refractivity contribution in [2.24, 2.45) is 5.92 Å². The molecule has 0 bridgehead atoms. The maximum atomic E-state index is 12.4. The molecule has 0 radical (unpaired) electrons. The van der Waals surface area contributed by atoms with E-state index in [1.54, 1.807) is 0 Å². The fraction of sp³-hybridized carbons (Fsp3) is 0.263. The number of nitrogens with one attached hydrogen (secondary N) is 2. The van der Waals surface area contributed by atoms with E-state index in [0.29, 0.717) is 12.1 Å². The van der Waals surface area contributed by atoms with Crippen LogP contribution in [0.25, 0.3) is 0 Å². The zero-order valence-electron chi connectivity index (χ0n) is 15.5. The van der Waals surface area contributed by atoms with E-state index in [-0.39, 0.29) is 38.0 Å². The molecular weight excluding hydrogens is 423 g/mol. The third-order valence-corrected chi connectivity index (χ3v) is 5.43. The van der Waals surface area contributed by atoms with Crippen molar-refractivity contribution < 1.29 is 18.0 Å². The molecule has 150 valence electrons. The second kappa shape index (κ2) is 8.94. The van der Waals surface area contributed by atoms with E-state index in [1.807, 2.05) is 13.8 Å². The van der Waals surface area contributed by atoms with E-state index in [2.05, 4.69) is 10.6 Å². The fourth-order valence-electron chi connectivity index (χ4n) is 2.39. The first-order valence-corrected chi connectivity index (χ1v) is 11.0. The number of amides is 2. The molecule has 0 saturated heterocycles. The van der Waals surface area contributed by atoms with Crippen molar-refractivity contribution in [3.05, 3.63) is 52.0 Å². The number of benzene rings is 2. The number of carbonyl (C=O) groups excluding carboxylic acids is 2. The zero-order chi connectivity index (χ0) is 21.1. The van der Waals surface area contributed by atoms with Crippen molar-refractivity contribution in [1.29, 1.82) is 0 Å². The summed E-state index contributed by atoms with van der Waals surface area (Å²) in [4.78, 5) is 24.4. The Morgan fingerprint density at radius 1 is 1.00 bits per heavy atom. The summed E-state index contributed by atoms with van der Waals surface area (Å²) in [6.07, 6.45) is 1.44. The standard InChI is InChI=1S/C19H20Cl2N2O4S/c1-11(2)8-17(24)22-13-9-15(20)18(16(21)10-13)23-19(25)12-4-6-14(7-5-12)28(3,26)27/h4-7,9-11H,8H2,1-3H3,(H,22,24)(H,23,25). The molecule has 0 aliphatic rings. The highest BCUT2D eigenvalue weighted by Gasteiger charge is 2.15. The van der Waals surface area contributed by atoms with Crippen LogP contribution in [-0.2, 0) is 14.6 Å².